The number of rotatable bonds is 5. The molecule has 0 spiro atoms. The minimum Gasteiger partial charge on any atom is -0.496 e. The van der Waals surface area contributed by atoms with Gasteiger partial charge in [0.1, 0.15) is 5.75 Å². The minimum atomic E-state index is -0.290. The Morgan fingerprint density at radius 2 is 2.26 bits per heavy atom. The van der Waals surface area contributed by atoms with Gasteiger partial charge in [-0.1, -0.05) is 30.8 Å². The molecule has 1 aromatic carbocycles. The summed E-state index contributed by atoms with van der Waals surface area (Å²) in [6, 6.07) is 7.00. The first kappa shape index (κ1) is 13.4. The van der Waals surface area contributed by atoms with Crippen molar-refractivity contribution < 1.29 is 9.53 Å². The number of nitrogens with zero attached hydrogens (tertiary/aromatic N) is 2. The van der Waals surface area contributed by atoms with Gasteiger partial charge in [-0.05, 0) is 17.9 Å². The molecule has 0 bridgehead atoms. The predicted molar refractivity (Wildman–Crippen MR) is 73.7 cm³/mol. The standard InChI is InChI=1S/C12H14N4O2S/c1-3-19-12-14-11(15-16-12)13-10(17)8-6-4-5-7-9(8)18-2/h4-7H,3H2,1-2H3,(H2,13,14,15,16,17). The van der Waals surface area contributed by atoms with Gasteiger partial charge in [-0.25, -0.2) is 5.10 Å². The predicted octanol–water partition coefficient (Wildman–Crippen LogP) is 2.18. The summed E-state index contributed by atoms with van der Waals surface area (Å²) in [6.45, 7) is 2.01. The number of ether oxygens (including phenoxy) is 1. The minimum absolute atomic E-state index is 0.290. The van der Waals surface area contributed by atoms with Crippen LogP contribution in [0.2, 0.25) is 0 Å². The van der Waals surface area contributed by atoms with E-state index in [4.69, 9.17) is 4.74 Å². The Hall–Kier alpha value is -2.02. The maximum absolute atomic E-state index is 12.1. The average Bonchev–Trinajstić information content (AvgIpc) is 2.86. The molecule has 0 saturated heterocycles. The molecule has 0 atom stereocenters. The molecule has 2 aromatic rings. The number of aromatic nitrogens is 3. The Balaban J connectivity index is 2.11. The van der Waals surface area contributed by atoms with Crippen molar-refractivity contribution in [2.75, 3.05) is 18.2 Å². The van der Waals surface area contributed by atoms with Crippen LogP contribution in [0.4, 0.5) is 5.95 Å². The molecular weight excluding hydrogens is 264 g/mol. The molecule has 19 heavy (non-hydrogen) atoms. The number of methoxy groups -OCH3 is 1. The first-order valence-electron chi connectivity index (χ1n) is 5.74. The van der Waals surface area contributed by atoms with Crippen molar-refractivity contribution in [1.82, 2.24) is 15.2 Å². The molecule has 2 N–H and O–H groups in total. The lowest BCUT2D eigenvalue weighted by atomic mass is 10.2. The molecule has 7 heteroatoms. The topological polar surface area (TPSA) is 79.9 Å². The maximum atomic E-state index is 12.1. The van der Waals surface area contributed by atoms with E-state index in [1.54, 1.807) is 24.3 Å². The normalized spacial score (nSPS) is 10.2. The first-order valence-corrected chi connectivity index (χ1v) is 6.72. The molecule has 2 rings (SSSR count). The van der Waals surface area contributed by atoms with Gasteiger partial charge in [0.2, 0.25) is 11.1 Å². The number of aromatic amines is 1. The van der Waals surface area contributed by atoms with Gasteiger partial charge in [-0.2, -0.15) is 4.98 Å². The van der Waals surface area contributed by atoms with E-state index in [1.165, 1.54) is 18.9 Å². The van der Waals surface area contributed by atoms with Crippen LogP contribution in [0.5, 0.6) is 5.75 Å². The van der Waals surface area contributed by atoms with Crippen molar-refractivity contribution in [3.63, 3.8) is 0 Å². The zero-order chi connectivity index (χ0) is 13.7. The molecule has 1 aromatic heterocycles. The molecule has 0 aliphatic carbocycles. The molecule has 0 aliphatic rings. The first-order chi connectivity index (χ1) is 9.24. The molecule has 1 heterocycles. The fourth-order valence-electron chi connectivity index (χ4n) is 1.50. The van der Waals surface area contributed by atoms with Crippen LogP contribution in [-0.2, 0) is 0 Å². The number of carbonyl (C=O) groups excluding carboxylic acids is 1. The van der Waals surface area contributed by atoms with Crippen LogP contribution in [-0.4, -0.2) is 34.0 Å². The van der Waals surface area contributed by atoms with Crippen molar-refractivity contribution >= 4 is 23.6 Å². The highest BCUT2D eigenvalue weighted by Crippen LogP contribution is 2.19. The van der Waals surface area contributed by atoms with Crippen LogP contribution in [0, 0.1) is 0 Å². The van der Waals surface area contributed by atoms with Crippen molar-refractivity contribution in [3.8, 4) is 5.75 Å². The van der Waals surface area contributed by atoms with E-state index in [1.807, 2.05) is 6.92 Å². The Kier molecular flexibility index (Phi) is 4.40. The zero-order valence-corrected chi connectivity index (χ0v) is 11.5. The van der Waals surface area contributed by atoms with Gasteiger partial charge in [-0.15, -0.1) is 5.10 Å². The van der Waals surface area contributed by atoms with E-state index >= 15 is 0 Å². The largest absolute Gasteiger partial charge is 0.496 e. The summed E-state index contributed by atoms with van der Waals surface area (Å²) in [5.74, 6) is 1.42. The number of nitrogens with one attached hydrogen (secondary N) is 2. The molecule has 0 radical (unpaired) electrons. The van der Waals surface area contributed by atoms with Crippen LogP contribution in [0.3, 0.4) is 0 Å². The number of hydrogen-bond donors (Lipinski definition) is 2. The number of carbonyl (C=O) groups is 1. The van der Waals surface area contributed by atoms with E-state index in [0.29, 0.717) is 22.4 Å². The summed E-state index contributed by atoms with van der Waals surface area (Å²) in [5, 5.41) is 9.91. The van der Waals surface area contributed by atoms with Crippen molar-refractivity contribution in [2.24, 2.45) is 0 Å². The molecule has 1 amide bonds. The molecule has 6 nitrogen and oxygen atoms in total. The van der Waals surface area contributed by atoms with Gasteiger partial charge in [-0.3, -0.25) is 10.1 Å². The van der Waals surface area contributed by atoms with E-state index < -0.39 is 0 Å². The zero-order valence-electron chi connectivity index (χ0n) is 10.6. The van der Waals surface area contributed by atoms with Crippen LogP contribution in [0.15, 0.2) is 29.4 Å². The van der Waals surface area contributed by atoms with Gasteiger partial charge >= 0.3 is 0 Å². The Labute approximate surface area is 115 Å². The third-order valence-electron chi connectivity index (χ3n) is 2.32. The number of thioether (sulfide) groups is 1. The average molecular weight is 278 g/mol. The second kappa shape index (κ2) is 6.24. The number of anilines is 1. The van der Waals surface area contributed by atoms with Gasteiger partial charge in [0.15, 0.2) is 0 Å². The van der Waals surface area contributed by atoms with Gasteiger partial charge in [0.05, 0.1) is 12.7 Å². The highest BCUT2D eigenvalue weighted by Gasteiger charge is 2.13. The third kappa shape index (κ3) is 3.25. The van der Waals surface area contributed by atoms with Crippen molar-refractivity contribution in [1.29, 1.82) is 0 Å². The van der Waals surface area contributed by atoms with Gasteiger partial charge in [0, 0.05) is 0 Å². The molecule has 0 fully saturated rings. The van der Waals surface area contributed by atoms with Crippen molar-refractivity contribution in [2.45, 2.75) is 12.1 Å². The van der Waals surface area contributed by atoms with E-state index in [2.05, 4.69) is 20.5 Å². The van der Waals surface area contributed by atoms with Crippen LogP contribution >= 0.6 is 11.8 Å². The summed E-state index contributed by atoms with van der Waals surface area (Å²) < 4.78 is 5.14. The fraction of sp³-hybridized carbons (Fsp3) is 0.250. The number of para-hydroxylation sites is 1. The van der Waals surface area contributed by atoms with E-state index in [0.717, 1.165) is 5.75 Å². The summed E-state index contributed by atoms with van der Waals surface area (Å²) in [6.07, 6.45) is 0. The maximum Gasteiger partial charge on any atom is 0.261 e. The Bertz CT molecular complexity index is 570. The smallest absolute Gasteiger partial charge is 0.261 e. The third-order valence-corrected chi connectivity index (χ3v) is 3.05. The van der Waals surface area contributed by atoms with Gasteiger partial charge in [0.25, 0.3) is 5.91 Å². The van der Waals surface area contributed by atoms with Crippen LogP contribution in [0.25, 0.3) is 0 Å². The highest BCUT2D eigenvalue weighted by molar-refractivity contribution is 7.99. The fourth-order valence-corrected chi connectivity index (χ4v) is 2.03. The lowest BCUT2D eigenvalue weighted by Gasteiger charge is -2.06. The Morgan fingerprint density at radius 1 is 1.47 bits per heavy atom. The van der Waals surface area contributed by atoms with Crippen LogP contribution in [0.1, 0.15) is 17.3 Å². The monoisotopic (exact) mass is 278 g/mol. The molecule has 100 valence electrons. The molecule has 0 aliphatic heterocycles. The number of amides is 1. The summed E-state index contributed by atoms with van der Waals surface area (Å²) >= 11 is 1.50. The molecular formula is C12H14N4O2S. The molecule has 0 unspecified atom stereocenters. The summed E-state index contributed by atoms with van der Waals surface area (Å²) in [4.78, 5) is 16.2. The van der Waals surface area contributed by atoms with E-state index in [9.17, 15) is 4.79 Å². The second-order valence-electron chi connectivity index (χ2n) is 3.55. The number of benzene rings is 1. The van der Waals surface area contributed by atoms with E-state index in [-0.39, 0.29) is 5.91 Å². The SMILES string of the molecule is CCSc1n[nH]c(NC(=O)c2ccccc2OC)n1. The van der Waals surface area contributed by atoms with Crippen LogP contribution < -0.4 is 10.1 Å². The quantitative estimate of drug-likeness (QED) is 0.819. The van der Waals surface area contributed by atoms with Gasteiger partial charge < -0.3 is 4.74 Å². The second-order valence-corrected chi connectivity index (χ2v) is 4.79. The number of H-pyrrole nitrogens is 1. The molecule has 0 saturated carbocycles. The lowest BCUT2D eigenvalue weighted by molar-refractivity contribution is 0.102. The summed E-state index contributed by atoms with van der Waals surface area (Å²) in [5.41, 5.74) is 0.450. The van der Waals surface area contributed by atoms with Crippen molar-refractivity contribution in [3.05, 3.63) is 29.8 Å². The Morgan fingerprint density at radius 3 is 3.00 bits per heavy atom. The number of hydrogen-bond acceptors (Lipinski definition) is 5. The highest BCUT2D eigenvalue weighted by atomic mass is 32.2. The lowest BCUT2D eigenvalue weighted by Crippen LogP contribution is -2.14. The summed E-state index contributed by atoms with van der Waals surface area (Å²) in [7, 11) is 1.52.